The van der Waals surface area contributed by atoms with E-state index in [0.717, 1.165) is 11.0 Å². The second kappa shape index (κ2) is 3.99. The van der Waals surface area contributed by atoms with Gasteiger partial charge in [0.1, 0.15) is 0 Å². The molecule has 1 fully saturated rings. The van der Waals surface area contributed by atoms with Gasteiger partial charge in [-0.05, 0) is 44.8 Å². The summed E-state index contributed by atoms with van der Waals surface area (Å²) in [6.45, 7) is 7.91. The Hall–Kier alpha value is -1.05. The van der Waals surface area contributed by atoms with Crippen LogP contribution >= 0.6 is 0 Å². The molecule has 1 saturated heterocycles. The van der Waals surface area contributed by atoms with E-state index in [2.05, 4.69) is 4.72 Å². The molecule has 0 saturated carbocycles. The van der Waals surface area contributed by atoms with Crippen molar-refractivity contribution in [2.75, 3.05) is 4.72 Å². The molecule has 0 aromatic heterocycles. The average Bonchev–Trinajstić information content (AvgIpc) is 2.70. The molecule has 3 rings (SSSR count). The smallest absolute Gasteiger partial charge is 0.399 e. The molecule has 2 aliphatic heterocycles. The fourth-order valence-electron chi connectivity index (χ4n) is 2.45. The number of hydrogen-bond donors (Lipinski definition) is 1. The van der Waals surface area contributed by atoms with Crippen molar-refractivity contribution in [3.05, 3.63) is 23.8 Å². The first-order valence-corrected chi connectivity index (χ1v) is 8.24. The van der Waals surface area contributed by atoms with E-state index in [-0.39, 0.29) is 5.75 Å². The third-order valence-corrected chi connectivity index (χ3v) is 5.52. The first-order valence-electron chi connectivity index (χ1n) is 6.59. The summed E-state index contributed by atoms with van der Waals surface area (Å²) in [5.41, 5.74) is 1.27. The third kappa shape index (κ3) is 2.04. The van der Waals surface area contributed by atoms with Gasteiger partial charge in [-0.3, -0.25) is 4.72 Å². The van der Waals surface area contributed by atoms with E-state index in [1.54, 1.807) is 6.07 Å². The minimum atomic E-state index is -3.28. The zero-order valence-electron chi connectivity index (χ0n) is 12.1. The summed E-state index contributed by atoms with van der Waals surface area (Å²) in [6.07, 6.45) is 0. The molecule has 7 heteroatoms. The summed E-state index contributed by atoms with van der Waals surface area (Å²) in [4.78, 5) is 0. The number of sulfonamides is 1. The molecule has 0 amide bonds. The standard InChI is InChI=1S/C13H18BNO4S/c1-12(2)13(3,4)19-14(18-12)10-6-5-7-11-9(10)8-20(16,17)15-11/h5-7,15H,8H2,1-4H3. The predicted octanol–water partition coefficient (Wildman–Crippen LogP) is 1.24. The van der Waals surface area contributed by atoms with Crippen LogP contribution in [0.1, 0.15) is 33.3 Å². The molecule has 5 nitrogen and oxygen atoms in total. The van der Waals surface area contributed by atoms with Crippen molar-refractivity contribution in [3.63, 3.8) is 0 Å². The molecule has 0 spiro atoms. The zero-order chi connectivity index (χ0) is 14.8. The molecule has 0 radical (unpaired) electrons. The number of fused-ring (bicyclic) bond motifs is 1. The normalized spacial score (nSPS) is 25.3. The van der Waals surface area contributed by atoms with Crippen LogP contribution in [0.3, 0.4) is 0 Å². The minimum Gasteiger partial charge on any atom is -0.399 e. The van der Waals surface area contributed by atoms with Gasteiger partial charge in [-0.2, -0.15) is 0 Å². The highest BCUT2D eigenvalue weighted by atomic mass is 32.2. The molecule has 20 heavy (non-hydrogen) atoms. The Morgan fingerprint density at radius 2 is 1.75 bits per heavy atom. The summed E-state index contributed by atoms with van der Waals surface area (Å²) >= 11 is 0. The Morgan fingerprint density at radius 3 is 2.35 bits per heavy atom. The largest absolute Gasteiger partial charge is 0.495 e. The zero-order valence-corrected chi connectivity index (χ0v) is 12.9. The molecule has 1 aromatic rings. The quantitative estimate of drug-likeness (QED) is 0.792. The van der Waals surface area contributed by atoms with Gasteiger partial charge in [0.25, 0.3) is 0 Å². The molecular formula is C13H18BNO4S. The minimum absolute atomic E-state index is 0.0252. The second-order valence-corrected chi connectivity index (χ2v) is 8.05. The van der Waals surface area contributed by atoms with Gasteiger partial charge < -0.3 is 9.31 Å². The highest BCUT2D eigenvalue weighted by Crippen LogP contribution is 2.37. The number of rotatable bonds is 1. The van der Waals surface area contributed by atoms with Gasteiger partial charge in [0.05, 0.1) is 22.6 Å². The number of nitrogens with one attached hydrogen (secondary N) is 1. The number of anilines is 1. The SMILES string of the molecule is CC1(C)OB(c2cccc3c2CS(=O)(=O)N3)OC1(C)C. The molecule has 0 atom stereocenters. The molecule has 2 aliphatic rings. The Bertz CT molecular complexity index is 653. The number of benzene rings is 1. The monoisotopic (exact) mass is 295 g/mol. The lowest BCUT2D eigenvalue weighted by molar-refractivity contribution is 0.00578. The van der Waals surface area contributed by atoms with Gasteiger partial charge in [-0.1, -0.05) is 12.1 Å². The van der Waals surface area contributed by atoms with Crippen molar-refractivity contribution in [2.24, 2.45) is 0 Å². The highest BCUT2D eigenvalue weighted by molar-refractivity contribution is 7.92. The van der Waals surface area contributed by atoms with Crippen molar-refractivity contribution < 1.29 is 17.7 Å². The van der Waals surface area contributed by atoms with Crippen LogP contribution in [0.4, 0.5) is 5.69 Å². The van der Waals surface area contributed by atoms with Gasteiger partial charge in [-0.15, -0.1) is 0 Å². The molecule has 108 valence electrons. The summed E-state index contributed by atoms with van der Waals surface area (Å²) in [7, 11) is -3.81. The van der Waals surface area contributed by atoms with Gasteiger partial charge >= 0.3 is 7.12 Å². The molecule has 0 bridgehead atoms. The van der Waals surface area contributed by atoms with Crippen LogP contribution in [0, 0.1) is 0 Å². The van der Waals surface area contributed by atoms with Crippen molar-refractivity contribution in [1.82, 2.24) is 0 Å². The van der Waals surface area contributed by atoms with Crippen LogP contribution < -0.4 is 10.2 Å². The highest BCUT2D eigenvalue weighted by Gasteiger charge is 2.52. The lowest BCUT2D eigenvalue weighted by Crippen LogP contribution is -2.41. The van der Waals surface area contributed by atoms with E-state index < -0.39 is 28.3 Å². The van der Waals surface area contributed by atoms with Crippen LogP contribution in [-0.4, -0.2) is 26.7 Å². The maximum atomic E-state index is 11.7. The lowest BCUT2D eigenvalue weighted by atomic mass is 9.76. The maximum Gasteiger partial charge on any atom is 0.495 e. The average molecular weight is 295 g/mol. The van der Waals surface area contributed by atoms with Crippen LogP contribution in [0.5, 0.6) is 0 Å². The fourth-order valence-corrected chi connectivity index (χ4v) is 3.75. The molecule has 1 aromatic carbocycles. The molecule has 2 heterocycles. The van der Waals surface area contributed by atoms with E-state index in [0.29, 0.717) is 5.69 Å². The number of hydrogen-bond acceptors (Lipinski definition) is 4. The van der Waals surface area contributed by atoms with Crippen molar-refractivity contribution >= 4 is 28.3 Å². The first-order chi connectivity index (χ1) is 9.11. The molecular weight excluding hydrogens is 277 g/mol. The molecule has 1 N–H and O–H groups in total. The van der Waals surface area contributed by atoms with Crippen molar-refractivity contribution in [1.29, 1.82) is 0 Å². The summed E-state index contributed by atoms with van der Waals surface area (Å²) in [5, 5.41) is 0. The van der Waals surface area contributed by atoms with Crippen LogP contribution in [0.15, 0.2) is 18.2 Å². The summed E-state index contributed by atoms with van der Waals surface area (Å²) in [5.74, 6) is -0.0252. The summed E-state index contributed by atoms with van der Waals surface area (Å²) < 4.78 is 38.0. The maximum absolute atomic E-state index is 11.7. The Kier molecular flexibility index (Phi) is 2.78. The van der Waals surface area contributed by atoms with E-state index in [4.69, 9.17) is 9.31 Å². The van der Waals surface area contributed by atoms with Gasteiger partial charge in [-0.25, -0.2) is 8.42 Å². The van der Waals surface area contributed by atoms with Crippen LogP contribution in [-0.2, 0) is 25.1 Å². The first kappa shape index (κ1) is 13.9. The van der Waals surface area contributed by atoms with Gasteiger partial charge in [0.15, 0.2) is 0 Å². The second-order valence-electron chi connectivity index (χ2n) is 6.32. The third-order valence-electron chi connectivity index (χ3n) is 4.32. The van der Waals surface area contributed by atoms with Crippen LogP contribution in [0.25, 0.3) is 0 Å². The molecule has 0 unspecified atom stereocenters. The van der Waals surface area contributed by atoms with E-state index >= 15 is 0 Å². The topological polar surface area (TPSA) is 64.6 Å². The fraction of sp³-hybridized carbons (Fsp3) is 0.538. The van der Waals surface area contributed by atoms with Crippen molar-refractivity contribution in [3.8, 4) is 0 Å². The van der Waals surface area contributed by atoms with Crippen LogP contribution in [0.2, 0.25) is 0 Å². The Labute approximate surface area is 119 Å². The molecule has 0 aliphatic carbocycles. The predicted molar refractivity (Wildman–Crippen MR) is 78.4 cm³/mol. The van der Waals surface area contributed by atoms with E-state index in [9.17, 15) is 8.42 Å². The Morgan fingerprint density at radius 1 is 1.15 bits per heavy atom. The summed E-state index contributed by atoms with van der Waals surface area (Å²) in [6, 6.07) is 5.44. The Balaban J connectivity index is 2.01. The lowest BCUT2D eigenvalue weighted by Gasteiger charge is -2.32. The van der Waals surface area contributed by atoms with E-state index in [1.807, 2.05) is 39.8 Å². The van der Waals surface area contributed by atoms with Gasteiger partial charge in [0.2, 0.25) is 10.0 Å². The van der Waals surface area contributed by atoms with E-state index in [1.165, 1.54) is 0 Å². The van der Waals surface area contributed by atoms with Crippen molar-refractivity contribution in [2.45, 2.75) is 44.6 Å². The van der Waals surface area contributed by atoms with Gasteiger partial charge in [0, 0.05) is 0 Å².